The zero-order valence-corrected chi connectivity index (χ0v) is 15.2. The van der Waals surface area contributed by atoms with E-state index in [9.17, 15) is 4.79 Å². The van der Waals surface area contributed by atoms with Gasteiger partial charge in [0.2, 0.25) is 5.91 Å². The first-order chi connectivity index (χ1) is 12.8. The summed E-state index contributed by atoms with van der Waals surface area (Å²) in [5.41, 5.74) is 0.993. The molecule has 2 aromatic carbocycles. The molecule has 0 radical (unpaired) electrons. The number of nitrogens with one attached hydrogen (secondary N) is 2. The van der Waals surface area contributed by atoms with E-state index < -0.39 is 0 Å². The molecule has 2 aromatic rings. The summed E-state index contributed by atoms with van der Waals surface area (Å²) in [7, 11) is 0. The lowest BCUT2D eigenvalue weighted by atomic mass is 10.1. The maximum Gasteiger partial charge on any atom is 0.221 e. The van der Waals surface area contributed by atoms with Crippen LogP contribution in [0.25, 0.3) is 0 Å². The molecule has 4 heteroatoms. The maximum atomic E-state index is 12.1. The van der Waals surface area contributed by atoms with Crippen molar-refractivity contribution in [1.29, 1.82) is 0 Å². The molecule has 0 unspecified atom stereocenters. The van der Waals surface area contributed by atoms with Crippen molar-refractivity contribution in [3.05, 3.63) is 54.6 Å². The number of hydrogen-bond acceptors (Lipinski definition) is 3. The molecule has 4 nitrogen and oxygen atoms in total. The van der Waals surface area contributed by atoms with E-state index in [-0.39, 0.29) is 5.91 Å². The fourth-order valence-corrected chi connectivity index (χ4v) is 3.31. The molecule has 3 rings (SSSR count). The van der Waals surface area contributed by atoms with Gasteiger partial charge in [0.1, 0.15) is 11.5 Å². The number of anilines is 1. The van der Waals surface area contributed by atoms with Crippen LogP contribution >= 0.6 is 0 Å². The van der Waals surface area contributed by atoms with Gasteiger partial charge in [0.05, 0.1) is 0 Å². The van der Waals surface area contributed by atoms with E-state index in [1.165, 1.54) is 25.7 Å². The van der Waals surface area contributed by atoms with E-state index >= 15 is 0 Å². The number of rotatable bonds is 7. The lowest BCUT2D eigenvalue weighted by Crippen LogP contribution is -2.35. The lowest BCUT2D eigenvalue weighted by molar-refractivity contribution is -0.121. The second kappa shape index (κ2) is 9.85. The average Bonchev–Trinajstić information content (AvgIpc) is 2.93. The van der Waals surface area contributed by atoms with Crippen LogP contribution in [0.15, 0.2) is 54.6 Å². The summed E-state index contributed by atoms with van der Waals surface area (Å²) in [4.78, 5) is 12.1. The number of para-hydroxylation sites is 1. The Hall–Kier alpha value is -2.49. The zero-order valence-electron chi connectivity index (χ0n) is 15.2. The molecule has 138 valence electrons. The Bertz CT molecular complexity index is 662. The van der Waals surface area contributed by atoms with Crippen molar-refractivity contribution in [2.45, 2.75) is 51.0 Å². The standard InChI is InChI=1S/C22H28N2O2/c25-22(24-19-8-4-1-2-5-9-19)16-17-23-18-12-14-21(15-13-18)26-20-10-6-3-7-11-20/h3,6-7,10-15,19,23H,1-2,4-5,8-9,16-17H2,(H,24,25). The Balaban J connectivity index is 1.38. The topological polar surface area (TPSA) is 50.4 Å². The van der Waals surface area contributed by atoms with Gasteiger partial charge in [-0.15, -0.1) is 0 Å². The van der Waals surface area contributed by atoms with Crippen LogP contribution in [-0.4, -0.2) is 18.5 Å². The highest BCUT2D eigenvalue weighted by Gasteiger charge is 2.14. The molecular weight excluding hydrogens is 324 g/mol. The molecule has 0 atom stereocenters. The Morgan fingerprint density at radius 3 is 2.23 bits per heavy atom. The molecular formula is C22H28N2O2. The first kappa shape index (κ1) is 18.3. The van der Waals surface area contributed by atoms with Crippen molar-refractivity contribution in [2.24, 2.45) is 0 Å². The molecule has 0 spiro atoms. The number of carbonyl (C=O) groups excluding carboxylic acids is 1. The number of amides is 1. The zero-order chi connectivity index (χ0) is 18.0. The van der Waals surface area contributed by atoms with Crippen molar-refractivity contribution >= 4 is 11.6 Å². The highest BCUT2D eigenvalue weighted by molar-refractivity contribution is 5.76. The molecule has 26 heavy (non-hydrogen) atoms. The lowest BCUT2D eigenvalue weighted by Gasteiger charge is -2.16. The van der Waals surface area contributed by atoms with Crippen molar-refractivity contribution in [2.75, 3.05) is 11.9 Å². The first-order valence-corrected chi connectivity index (χ1v) is 9.66. The molecule has 1 saturated carbocycles. The van der Waals surface area contributed by atoms with Crippen molar-refractivity contribution < 1.29 is 9.53 Å². The van der Waals surface area contributed by atoms with Crippen LogP contribution in [-0.2, 0) is 4.79 Å². The second-order valence-corrected chi connectivity index (χ2v) is 6.87. The summed E-state index contributed by atoms with van der Waals surface area (Å²) in [6.45, 7) is 0.636. The molecule has 0 heterocycles. The smallest absolute Gasteiger partial charge is 0.221 e. The van der Waals surface area contributed by atoms with Gasteiger partial charge < -0.3 is 15.4 Å². The first-order valence-electron chi connectivity index (χ1n) is 9.66. The van der Waals surface area contributed by atoms with Crippen LogP contribution in [0, 0.1) is 0 Å². The fourth-order valence-electron chi connectivity index (χ4n) is 3.31. The van der Waals surface area contributed by atoms with Crippen LogP contribution < -0.4 is 15.4 Å². The third-order valence-electron chi connectivity index (χ3n) is 4.73. The number of hydrogen-bond donors (Lipinski definition) is 2. The molecule has 2 N–H and O–H groups in total. The van der Waals surface area contributed by atoms with Gasteiger partial charge in [0.15, 0.2) is 0 Å². The van der Waals surface area contributed by atoms with E-state index in [1.54, 1.807) is 0 Å². The molecule has 1 aliphatic carbocycles. The van der Waals surface area contributed by atoms with Gasteiger partial charge in [-0.2, -0.15) is 0 Å². The summed E-state index contributed by atoms with van der Waals surface area (Å²) in [6, 6.07) is 17.9. The van der Waals surface area contributed by atoms with Gasteiger partial charge >= 0.3 is 0 Å². The van der Waals surface area contributed by atoms with Gasteiger partial charge in [-0.1, -0.05) is 43.9 Å². The van der Waals surface area contributed by atoms with Gasteiger partial charge in [-0.05, 0) is 49.2 Å². The molecule has 1 aliphatic rings. The summed E-state index contributed by atoms with van der Waals surface area (Å²) >= 11 is 0. The minimum Gasteiger partial charge on any atom is -0.457 e. The minimum atomic E-state index is 0.147. The Morgan fingerprint density at radius 1 is 0.885 bits per heavy atom. The maximum absolute atomic E-state index is 12.1. The van der Waals surface area contributed by atoms with Crippen molar-refractivity contribution in [3.8, 4) is 11.5 Å². The van der Waals surface area contributed by atoms with Gasteiger partial charge in [0, 0.05) is 24.7 Å². The van der Waals surface area contributed by atoms with E-state index in [0.717, 1.165) is 30.0 Å². The normalized spacial score (nSPS) is 15.1. The quantitative estimate of drug-likeness (QED) is 0.680. The largest absolute Gasteiger partial charge is 0.457 e. The van der Waals surface area contributed by atoms with E-state index in [1.807, 2.05) is 54.6 Å². The average molecular weight is 352 g/mol. The van der Waals surface area contributed by atoms with E-state index in [2.05, 4.69) is 10.6 Å². The van der Waals surface area contributed by atoms with Crippen molar-refractivity contribution in [3.63, 3.8) is 0 Å². The molecule has 0 aliphatic heterocycles. The fraction of sp³-hybridized carbons (Fsp3) is 0.409. The Labute approximate surface area is 156 Å². The molecule has 1 amide bonds. The predicted molar refractivity (Wildman–Crippen MR) is 106 cm³/mol. The number of benzene rings is 2. The number of ether oxygens (including phenoxy) is 1. The summed E-state index contributed by atoms with van der Waals surface area (Å²) in [5.74, 6) is 1.77. The minimum absolute atomic E-state index is 0.147. The van der Waals surface area contributed by atoms with Crippen LogP contribution in [0.1, 0.15) is 44.9 Å². The molecule has 0 bridgehead atoms. The SMILES string of the molecule is O=C(CCNc1ccc(Oc2ccccc2)cc1)NC1CCCCCC1. The van der Waals surface area contributed by atoms with Crippen LogP contribution in [0.2, 0.25) is 0 Å². The third-order valence-corrected chi connectivity index (χ3v) is 4.73. The monoisotopic (exact) mass is 352 g/mol. The summed E-state index contributed by atoms with van der Waals surface area (Å²) in [6.07, 6.45) is 7.83. The Morgan fingerprint density at radius 2 is 1.54 bits per heavy atom. The highest BCUT2D eigenvalue weighted by atomic mass is 16.5. The summed E-state index contributed by atoms with van der Waals surface area (Å²) < 4.78 is 5.78. The summed E-state index contributed by atoms with van der Waals surface area (Å²) in [5, 5.41) is 6.48. The predicted octanol–water partition coefficient (Wildman–Crippen LogP) is 5.12. The van der Waals surface area contributed by atoms with E-state index in [4.69, 9.17) is 4.74 Å². The van der Waals surface area contributed by atoms with E-state index in [0.29, 0.717) is 19.0 Å². The third kappa shape index (κ3) is 6.10. The molecule has 1 fully saturated rings. The second-order valence-electron chi connectivity index (χ2n) is 6.87. The van der Waals surface area contributed by atoms with Gasteiger partial charge in [0.25, 0.3) is 0 Å². The van der Waals surface area contributed by atoms with Gasteiger partial charge in [-0.25, -0.2) is 0 Å². The number of carbonyl (C=O) groups is 1. The van der Waals surface area contributed by atoms with Crippen LogP contribution in [0.3, 0.4) is 0 Å². The molecule has 0 saturated heterocycles. The highest BCUT2D eigenvalue weighted by Crippen LogP contribution is 2.22. The van der Waals surface area contributed by atoms with Crippen LogP contribution in [0.4, 0.5) is 5.69 Å². The van der Waals surface area contributed by atoms with Crippen molar-refractivity contribution in [1.82, 2.24) is 5.32 Å². The molecule has 0 aromatic heterocycles. The van der Waals surface area contributed by atoms with Crippen LogP contribution in [0.5, 0.6) is 11.5 Å². The van der Waals surface area contributed by atoms with Gasteiger partial charge in [-0.3, -0.25) is 4.79 Å². The Kier molecular flexibility index (Phi) is 6.94.